The lowest BCUT2D eigenvalue weighted by molar-refractivity contribution is 0.100. The number of nitrogens with two attached hydrogens (primary N) is 2. The summed E-state index contributed by atoms with van der Waals surface area (Å²) in [6, 6.07) is 7.26. The van der Waals surface area contributed by atoms with E-state index >= 15 is 0 Å². The van der Waals surface area contributed by atoms with Crippen LogP contribution in [0, 0.1) is 0 Å². The van der Waals surface area contributed by atoms with E-state index in [1.54, 1.807) is 16.8 Å². The minimum absolute atomic E-state index is 0.204. The molecule has 4 aromatic rings. The second-order valence-electron chi connectivity index (χ2n) is 5.09. The summed E-state index contributed by atoms with van der Waals surface area (Å²) in [6.07, 6.45) is 3.19. The van der Waals surface area contributed by atoms with Crippen molar-refractivity contribution in [2.75, 3.05) is 5.73 Å². The Morgan fingerprint density at radius 1 is 1.26 bits per heavy atom. The van der Waals surface area contributed by atoms with Gasteiger partial charge in [-0.25, -0.2) is 4.98 Å². The van der Waals surface area contributed by atoms with Crippen molar-refractivity contribution in [1.29, 1.82) is 0 Å². The fraction of sp³-hybridized carbons (Fsp3) is 0. The molecule has 3 aromatic heterocycles. The first kappa shape index (κ1) is 13.6. The van der Waals surface area contributed by atoms with Gasteiger partial charge in [-0.1, -0.05) is 17.7 Å². The van der Waals surface area contributed by atoms with Gasteiger partial charge in [0.1, 0.15) is 11.5 Å². The zero-order valence-corrected chi connectivity index (χ0v) is 12.5. The van der Waals surface area contributed by atoms with Gasteiger partial charge in [0, 0.05) is 17.0 Å². The van der Waals surface area contributed by atoms with E-state index in [-0.39, 0.29) is 11.4 Å². The number of nitrogens with one attached hydrogen (secondary N) is 1. The number of aromatic amines is 1. The number of amides is 1. The molecule has 3 heterocycles. The van der Waals surface area contributed by atoms with Crippen LogP contribution in [-0.4, -0.2) is 25.7 Å². The lowest BCUT2D eigenvalue weighted by Gasteiger charge is -2.08. The summed E-state index contributed by atoms with van der Waals surface area (Å²) in [4.78, 5) is 16.2. The number of pyridine rings is 1. The number of fused-ring (bicyclic) bond motifs is 2. The van der Waals surface area contributed by atoms with E-state index < -0.39 is 5.91 Å². The van der Waals surface area contributed by atoms with Gasteiger partial charge in [-0.05, 0) is 18.2 Å². The first-order valence-corrected chi connectivity index (χ1v) is 7.13. The molecule has 8 heteroatoms. The number of halogens is 1. The van der Waals surface area contributed by atoms with Gasteiger partial charge in [-0.15, -0.1) is 0 Å². The van der Waals surface area contributed by atoms with Crippen molar-refractivity contribution in [2.24, 2.45) is 5.73 Å². The molecule has 0 aliphatic rings. The monoisotopic (exact) mass is 326 g/mol. The number of hydrogen-bond donors (Lipinski definition) is 3. The van der Waals surface area contributed by atoms with E-state index in [1.165, 1.54) is 6.20 Å². The van der Waals surface area contributed by atoms with Gasteiger partial charge in [-0.2, -0.15) is 5.10 Å². The van der Waals surface area contributed by atoms with E-state index in [0.29, 0.717) is 16.1 Å². The number of primary amides is 1. The molecule has 1 aromatic carbocycles. The Labute approximate surface area is 134 Å². The summed E-state index contributed by atoms with van der Waals surface area (Å²) in [5.41, 5.74) is 14.0. The van der Waals surface area contributed by atoms with Crippen LogP contribution in [0.25, 0.3) is 27.6 Å². The van der Waals surface area contributed by atoms with Crippen LogP contribution in [-0.2, 0) is 0 Å². The van der Waals surface area contributed by atoms with Gasteiger partial charge in [0.2, 0.25) is 0 Å². The SMILES string of the molecule is NC(=O)c1c(N)n(-c2cccc3[nH]ncc23)c2ncc(Cl)cc12. The van der Waals surface area contributed by atoms with Gasteiger partial charge >= 0.3 is 0 Å². The van der Waals surface area contributed by atoms with Crippen LogP contribution in [0.2, 0.25) is 5.02 Å². The summed E-state index contributed by atoms with van der Waals surface area (Å²) in [5, 5.41) is 8.71. The first-order chi connectivity index (χ1) is 11.1. The maximum atomic E-state index is 11.8. The predicted molar refractivity (Wildman–Crippen MR) is 88.7 cm³/mol. The molecule has 0 fully saturated rings. The van der Waals surface area contributed by atoms with Crippen molar-refractivity contribution in [1.82, 2.24) is 19.7 Å². The van der Waals surface area contributed by atoms with Crippen molar-refractivity contribution in [3.05, 3.63) is 47.2 Å². The fourth-order valence-corrected chi connectivity index (χ4v) is 2.97. The van der Waals surface area contributed by atoms with Crippen LogP contribution in [0.15, 0.2) is 36.7 Å². The minimum atomic E-state index is -0.630. The molecule has 0 aliphatic carbocycles. The standard InChI is InChI=1S/C15H11ClN6O/c16-7-4-8-12(14(18)23)13(17)22(15(8)19-5-7)11-3-1-2-10-9(11)6-20-21-10/h1-6H,17H2,(H2,18,23)(H,20,21). The topological polar surface area (TPSA) is 116 Å². The molecule has 0 radical (unpaired) electrons. The highest BCUT2D eigenvalue weighted by Crippen LogP contribution is 2.33. The van der Waals surface area contributed by atoms with Gasteiger partial charge in [0.15, 0.2) is 0 Å². The molecule has 114 valence electrons. The number of benzene rings is 1. The van der Waals surface area contributed by atoms with Crippen LogP contribution in [0.1, 0.15) is 10.4 Å². The number of carbonyl (C=O) groups excluding carboxylic acids is 1. The summed E-state index contributed by atoms with van der Waals surface area (Å²) in [7, 11) is 0. The molecular weight excluding hydrogens is 316 g/mol. The normalized spacial score (nSPS) is 11.3. The zero-order valence-electron chi connectivity index (χ0n) is 11.7. The van der Waals surface area contributed by atoms with Gasteiger partial charge in [-0.3, -0.25) is 14.5 Å². The lowest BCUT2D eigenvalue weighted by atomic mass is 10.2. The highest BCUT2D eigenvalue weighted by atomic mass is 35.5. The van der Waals surface area contributed by atoms with Gasteiger partial charge in [0.05, 0.1) is 28.0 Å². The summed E-state index contributed by atoms with van der Waals surface area (Å²) in [5.74, 6) is -0.411. The minimum Gasteiger partial charge on any atom is -0.384 e. The predicted octanol–water partition coefficient (Wildman–Crippen LogP) is 2.24. The molecule has 5 N–H and O–H groups in total. The number of H-pyrrole nitrogens is 1. The Morgan fingerprint density at radius 2 is 2.09 bits per heavy atom. The Hall–Kier alpha value is -3.06. The number of anilines is 1. The Bertz CT molecular complexity index is 1080. The molecule has 4 rings (SSSR count). The number of nitrogen functional groups attached to an aromatic ring is 1. The molecule has 0 atom stereocenters. The van der Waals surface area contributed by atoms with E-state index in [9.17, 15) is 4.79 Å². The van der Waals surface area contributed by atoms with Crippen LogP contribution < -0.4 is 11.5 Å². The molecule has 1 amide bonds. The third-order valence-electron chi connectivity index (χ3n) is 3.76. The number of aromatic nitrogens is 4. The Morgan fingerprint density at radius 3 is 2.87 bits per heavy atom. The second-order valence-corrected chi connectivity index (χ2v) is 5.53. The van der Waals surface area contributed by atoms with Crippen LogP contribution in [0.3, 0.4) is 0 Å². The maximum absolute atomic E-state index is 11.8. The highest BCUT2D eigenvalue weighted by Gasteiger charge is 2.22. The molecule has 0 bridgehead atoms. The van der Waals surface area contributed by atoms with Crippen LogP contribution in [0.5, 0.6) is 0 Å². The zero-order chi connectivity index (χ0) is 16.1. The largest absolute Gasteiger partial charge is 0.384 e. The third kappa shape index (κ3) is 1.87. The quantitative estimate of drug-likeness (QED) is 0.523. The van der Waals surface area contributed by atoms with E-state index in [1.807, 2.05) is 18.2 Å². The molecule has 7 nitrogen and oxygen atoms in total. The molecule has 0 unspecified atom stereocenters. The number of carbonyl (C=O) groups is 1. The maximum Gasteiger partial charge on any atom is 0.253 e. The van der Waals surface area contributed by atoms with Crippen LogP contribution >= 0.6 is 11.6 Å². The number of hydrogen-bond acceptors (Lipinski definition) is 4. The third-order valence-corrected chi connectivity index (χ3v) is 3.97. The Balaban J connectivity index is 2.18. The molecular formula is C15H11ClN6O. The van der Waals surface area contributed by atoms with E-state index in [0.717, 1.165) is 16.6 Å². The average molecular weight is 327 g/mol. The number of rotatable bonds is 2. The summed E-state index contributed by atoms with van der Waals surface area (Å²) >= 11 is 6.00. The molecule has 0 saturated heterocycles. The van der Waals surface area contributed by atoms with Crippen molar-refractivity contribution in [3.63, 3.8) is 0 Å². The highest BCUT2D eigenvalue weighted by molar-refractivity contribution is 6.31. The van der Waals surface area contributed by atoms with Crippen molar-refractivity contribution in [3.8, 4) is 5.69 Å². The summed E-state index contributed by atoms with van der Waals surface area (Å²) < 4.78 is 1.68. The smallest absolute Gasteiger partial charge is 0.253 e. The Kier molecular flexibility index (Phi) is 2.79. The fourth-order valence-electron chi connectivity index (χ4n) is 2.81. The molecule has 0 aliphatic heterocycles. The number of nitrogens with zero attached hydrogens (tertiary/aromatic N) is 3. The molecule has 0 spiro atoms. The summed E-state index contributed by atoms with van der Waals surface area (Å²) in [6.45, 7) is 0. The lowest BCUT2D eigenvalue weighted by Crippen LogP contribution is -2.13. The van der Waals surface area contributed by atoms with Crippen LogP contribution in [0.4, 0.5) is 5.82 Å². The van der Waals surface area contributed by atoms with Crippen molar-refractivity contribution in [2.45, 2.75) is 0 Å². The second kappa shape index (κ2) is 4.72. The average Bonchev–Trinajstić information content (AvgIpc) is 3.08. The van der Waals surface area contributed by atoms with E-state index in [2.05, 4.69) is 15.2 Å². The molecule has 23 heavy (non-hydrogen) atoms. The van der Waals surface area contributed by atoms with Gasteiger partial charge < -0.3 is 11.5 Å². The van der Waals surface area contributed by atoms with Crippen molar-refractivity contribution < 1.29 is 4.79 Å². The van der Waals surface area contributed by atoms with Gasteiger partial charge in [0.25, 0.3) is 5.91 Å². The van der Waals surface area contributed by atoms with Crippen molar-refractivity contribution >= 4 is 45.3 Å². The van der Waals surface area contributed by atoms with E-state index in [4.69, 9.17) is 23.1 Å². The molecule has 0 saturated carbocycles. The first-order valence-electron chi connectivity index (χ1n) is 6.75.